The van der Waals surface area contributed by atoms with E-state index in [4.69, 9.17) is 0 Å². The molecule has 13 heteroatoms. The molecule has 0 spiro atoms. The van der Waals surface area contributed by atoms with Gasteiger partial charge < -0.3 is 10.6 Å². The molecule has 4 aromatic rings. The molecule has 1 saturated heterocycles. The number of anilines is 1. The van der Waals surface area contributed by atoms with Crippen molar-refractivity contribution in [3.8, 4) is 0 Å². The number of rotatable bonds is 9. The largest absolute Gasteiger partial charge is 0.337 e. The number of nitrogens with zero attached hydrogens (tertiary/aromatic N) is 2. The monoisotopic (exact) mass is 599 g/mol. The number of aromatic nitrogens is 1. The number of fused-ring (bicyclic) bond motifs is 1. The van der Waals surface area contributed by atoms with Gasteiger partial charge in [0.05, 0.1) is 21.0 Å². The molecule has 2 amide bonds. The molecule has 2 aromatic carbocycles. The molecule has 0 radical (unpaired) electrons. The summed E-state index contributed by atoms with van der Waals surface area (Å²) in [6.45, 7) is 3.97. The molecule has 0 saturated carbocycles. The Hall–Kier alpha value is -3.36. The zero-order valence-corrected chi connectivity index (χ0v) is 24.2. The number of benzene rings is 2. The Morgan fingerprint density at radius 3 is 2.58 bits per heavy atom. The number of hydrogen-bond donors (Lipinski definition) is 3. The van der Waals surface area contributed by atoms with Crippen molar-refractivity contribution in [3.63, 3.8) is 0 Å². The third kappa shape index (κ3) is 6.34. The highest BCUT2D eigenvalue weighted by atomic mass is 32.2. The van der Waals surface area contributed by atoms with Gasteiger partial charge in [-0.05, 0) is 50.2 Å². The van der Waals surface area contributed by atoms with Gasteiger partial charge in [-0.1, -0.05) is 36.4 Å². The zero-order chi connectivity index (χ0) is 28.3. The molecule has 40 heavy (non-hydrogen) atoms. The van der Waals surface area contributed by atoms with E-state index in [1.165, 1.54) is 23.6 Å². The minimum Gasteiger partial charge on any atom is -0.337 e. The Morgan fingerprint density at radius 1 is 1.02 bits per heavy atom. The van der Waals surface area contributed by atoms with Gasteiger partial charge in [0.25, 0.3) is 0 Å². The number of thiophene rings is 1. The number of sulfone groups is 1. The van der Waals surface area contributed by atoms with E-state index in [1.807, 2.05) is 37.3 Å². The van der Waals surface area contributed by atoms with Crippen LogP contribution in [0, 0.1) is 6.92 Å². The van der Waals surface area contributed by atoms with E-state index >= 15 is 0 Å². The Labute approximate surface area is 237 Å². The molecule has 1 fully saturated rings. The van der Waals surface area contributed by atoms with Crippen LogP contribution in [0.3, 0.4) is 0 Å². The van der Waals surface area contributed by atoms with Crippen LogP contribution in [0.1, 0.15) is 12.1 Å². The Balaban J connectivity index is 1.12. The van der Waals surface area contributed by atoms with Crippen molar-refractivity contribution in [2.24, 2.45) is 0 Å². The van der Waals surface area contributed by atoms with E-state index in [-0.39, 0.29) is 26.1 Å². The van der Waals surface area contributed by atoms with Gasteiger partial charge >= 0.3 is 6.03 Å². The minimum atomic E-state index is -3.89. The second-order valence-electron chi connectivity index (χ2n) is 9.53. The molecule has 2 aromatic heterocycles. The van der Waals surface area contributed by atoms with Crippen LogP contribution < -0.4 is 15.4 Å². The summed E-state index contributed by atoms with van der Waals surface area (Å²) < 4.78 is 54.3. The number of urea groups is 1. The topological polar surface area (TPSA) is 138 Å². The van der Waals surface area contributed by atoms with Gasteiger partial charge in [-0.15, -0.1) is 11.3 Å². The van der Waals surface area contributed by atoms with Gasteiger partial charge in [-0.2, -0.15) is 0 Å². The van der Waals surface area contributed by atoms with Gasteiger partial charge in [0.15, 0.2) is 0 Å². The summed E-state index contributed by atoms with van der Waals surface area (Å²) >= 11 is 0.880. The van der Waals surface area contributed by atoms with E-state index in [2.05, 4.69) is 25.2 Å². The van der Waals surface area contributed by atoms with Gasteiger partial charge in [0.1, 0.15) is 4.21 Å². The molecule has 210 valence electrons. The summed E-state index contributed by atoms with van der Waals surface area (Å²) in [7, 11) is -7.68. The number of pyridine rings is 1. The maximum absolute atomic E-state index is 13.0. The van der Waals surface area contributed by atoms with Crippen molar-refractivity contribution >= 4 is 53.8 Å². The fourth-order valence-electron chi connectivity index (χ4n) is 4.63. The molecule has 1 unspecified atom stereocenters. The summed E-state index contributed by atoms with van der Waals surface area (Å²) in [5.41, 5.74) is 2.29. The first kappa shape index (κ1) is 28.2. The molecule has 1 atom stereocenters. The number of para-hydroxylation sites is 1. The van der Waals surface area contributed by atoms with Gasteiger partial charge in [-0.3, -0.25) is 9.88 Å². The lowest BCUT2D eigenvalue weighted by molar-refractivity contribution is 0.249. The molecule has 1 aliphatic heterocycles. The van der Waals surface area contributed by atoms with E-state index < -0.39 is 19.9 Å². The molecule has 3 heterocycles. The van der Waals surface area contributed by atoms with Crippen LogP contribution in [0.15, 0.2) is 86.1 Å². The van der Waals surface area contributed by atoms with Crippen LogP contribution in [-0.4, -0.2) is 65.0 Å². The van der Waals surface area contributed by atoms with Crippen molar-refractivity contribution in [2.45, 2.75) is 33.4 Å². The van der Waals surface area contributed by atoms with Crippen molar-refractivity contribution < 1.29 is 21.6 Å². The van der Waals surface area contributed by atoms with Crippen molar-refractivity contribution in [2.75, 3.05) is 31.5 Å². The summed E-state index contributed by atoms with van der Waals surface area (Å²) in [6.07, 6.45) is 0.605. The van der Waals surface area contributed by atoms with E-state index in [0.29, 0.717) is 38.3 Å². The van der Waals surface area contributed by atoms with Crippen LogP contribution in [0.4, 0.5) is 10.5 Å². The third-order valence-corrected chi connectivity index (χ3v) is 11.4. The Morgan fingerprint density at radius 2 is 1.77 bits per heavy atom. The second kappa shape index (κ2) is 11.6. The normalized spacial score (nSPS) is 16.3. The predicted molar refractivity (Wildman–Crippen MR) is 155 cm³/mol. The standard InChI is InChI=1S/C27H29N5O5S3/c1-19-15-25(23-9-5-6-10-24(23)29-19)30-27(33)28-12-14-32-13-11-20(17-32)31-40(36,37)26-16-22(18-38-26)39(34,35)21-7-3-2-4-8-21/h2-10,15-16,18,20,31H,11-14,17H2,1H3,(H2,28,29,30,33). The maximum Gasteiger partial charge on any atom is 0.319 e. The molecular formula is C27H29N5O5S3. The minimum absolute atomic E-state index is 0.0438. The average molecular weight is 600 g/mol. The van der Waals surface area contributed by atoms with Crippen LogP contribution in [-0.2, 0) is 19.9 Å². The lowest BCUT2D eigenvalue weighted by Crippen LogP contribution is -2.39. The first-order valence-corrected chi connectivity index (χ1v) is 16.5. The van der Waals surface area contributed by atoms with Crippen LogP contribution >= 0.6 is 11.3 Å². The first-order valence-electron chi connectivity index (χ1n) is 12.7. The summed E-state index contributed by atoms with van der Waals surface area (Å²) in [4.78, 5) is 19.1. The first-order chi connectivity index (χ1) is 19.1. The van der Waals surface area contributed by atoms with Crippen LogP contribution in [0.2, 0.25) is 0 Å². The smallest absolute Gasteiger partial charge is 0.319 e. The average Bonchev–Trinajstić information content (AvgIpc) is 3.60. The Kier molecular flexibility index (Phi) is 8.19. The van der Waals surface area contributed by atoms with E-state index in [9.17, 15) is 21.6 Å². The molecule has 1 aliphatic rings. The predicted octanol–water partition coefficient (Wildman–Crippen LogP) is 3.61. The zero-order valence-electron chi connectivity index (χ0n) is 21.7. The molecule has 5 rings (SSSR count). The third-order valence-electron chi connectivity index (χ3n) is 6.58. The van der Waals surface area contributed by atoms with E-state index in [1.54, 1.807) is 18.2 Å². The molecule has 10 nitrogen and oxygen atoms in total. The number of likely N-dealkylation sites (tertiary alicyclic amines) is 1. The number of amides is 2. The van der Waals surface area contributed by atoms with Crippen molar-refractivity contribution in [3.05, 3.63) is 77.8 Å². The molecular weight excluding hydrogens is 571 g/mol. The lowest BCUT2D eigenvalue weighted by Gasteiger charge is -2.17. The highest BCUT2D eigenvalue weighted by Crippen LogP contribution is 2.29. The van der Waals surface area contributed by atoms with Gasteiger partial charge in [0, 0.05) is 42.1 Å². The number of aryl methyl sites for hydroxylation is 1. The van der Waals surface area contributed by atoms with E-state index in [0.717, 1.165) is 27.9 Å². The van der Waals surface area contributed by atoms with Crippen molar-refractivity contribution in [1.82, 2.24) is 19.9 Å². The number of hydrogen-bond acceptors (Lipinski definition) is 8. The number of carbonyl (C=O) groups excluding carboxylic acids is 1. The lowest BCUT2D eigenvalue weighted by atomic mass is 10.1. The SMILES string of the molecule is Cc1cc(NC(=O)NCCN2CCC(NS(=O)(=O)c3cc(S(=O)(=O)c4ccccc4)cs3)C2)c2ccccc2n1. The molecule has 0 bridgehead atoms. The van der Waals surface area contributed by atoms with Crippen molar-refractivity contribution in [1.29, 1.82) is 0 Å². The fourth-order valence-corrected chi connectivity index (χ4v) is 8.81. The number of nitrogens with one attached hydrogen (secondary N) is 3. The van der Waals surface area contributed by atoms with Gasteiger partial charge in [-0.25, -0.2) is 26.4 Å². The fraction of sp³-hybridized carbons (Fsp3) is 0.259. The van der Waals surface area contributed by atoms with Crippen LogP contribution in [0.5, 0.6) is 0 Å². The van der Waals surface area contributed by atoms with Crippen LogP contribution in [0.25, 0.3) is 10.9 Å². The van der Waals surface area contributed by atoms with Gasteiger partial charge in [0.2, 0.25) is 19.9 Å². The highest BCUT2D eigenvalue weighted by Gasteiger charge is 2.29. The summed E-state index contributed by atoms with van der Waals surface area (Å²) in [5.74, 6) is 0. The number of sulfonamides is 1. The molecule has 0 aliphatic carbocycles. The quantitative estimate of drug-likeness (QED) is 0.267. The Bertz CT molecular complexity index is 1740. The maximum atomic E-state index is 13.0. The molecule has 3 N–H and O–H groups in total. The second-order valence-corrected chi connectivity index (χ2v) is 14.3. The summed E-state index contributed by atoms with van der Waals surface area (Å²) in [5, 5.41) is 7.95. The highest BCUT2D eigenvalue weighted by molar-refractivity contribution is 7.93. The number of carbonyl (C=O) groups is 1. The summed E-state index contributed by atoms with van der Waals surface area (Å²) in [6, 6.07) is 17.9.